The molecule has 0 fully saturated rings. The highest BCUT2D eigenvalue weighted by molar-refractivity contribution is 5.90. The van der Waals surface area contributed by atoms with E-state index in [-0.39, 0.29) is 5.91 Å². The van der Waals surface area contributed by atoms with Crippen LogP contribution in [-0.2, 0) is 9.53 Å². The summed E-state index contributed by atoms with van der Waals surface area (Å²) < 4.78 is 5.35. The molecule has 1 aromatic heterocycles. The molecule has 0 saturated carbocycles. The molecule has 0 radical (unpaired) electrons. The lowest BCUT2D eigenvalue weighted by Gasteiger charge is -2.13. The predicted octanol–water partition coefficient (Wildman–Crippen LogP) is 5.03. The van der Waals surface area contributed by atoms with Gasteiger partial charge >= 0.3 is 0 Å². The fraction of sp³-hybridized carbons (Fsp3) is 0.684. The number of ether oxygens (including phenoxy) is 1. The van der Waals surface area contributed by atoms with Gasteiger partial charge in [-0.15, -0.1) is 0 Å². The van der Waals surface area contributed by atoms with Crippen LogP contribution in [0.3, 0.4) is 0 Å². The Morgan fingerprint density at radius 2 is 1.77 bits per heavy atom. The van der Waals surface area contributed by atoms with Gasteiger partial charge in [0.2, 0.25) is 5.91 Å². The fourth-order valence-corrected chi connectivity index (χ4v) is 2.11. The predicted molar refractivity (Wildman–Crippen MR) is 108 cm³/mol. The van der Waals surface area contributed by atoms with Gasteiger partial charge in [0.1, 0.15) is 0 Å². The molecule has 0 aliphatic carbocycles. The molecule has 1 amide bonds. The van der Waals surface area contributed by atoms with Gasteiger partial charge in [-0.2, -0.15) is 4.91 Å². The molecule has 0 spiro atoms. The largest absolute Gasteiger partial charge is 0.397 e. The molecule has 0 aliphatic rings. The summed E-state index contributed by atoms with van der Waals surface area (Å²) in [4.78, 5) is 22.5. The van der Waals surface area contributed by atoms with Gasteiger partial charge in [0.25, 0.3) is 0 Å². The van der Waals surface area contributed by atoms with E-state index in [2.05, 4.69) is 29.7 Å². The van der Waals surface area contributed by atoms with Crippen LogP contribution < -0.4 is 11.1 Å². The molecule has 7 heteroatoms. The lowest BCUT2D eigenvalue weighted by molar-refractivity contribution is -0.115. The number of amides is 1. The normalized spacial score (nSPS) is 9.62. The zero-order chi connectivity index (χ0) is 20.4. The summed E-state index contributed by atoms with van der Waals surface area (Å²) in [5.41, 5.74) is 12.1. The van der Waals surface area contributed by atoms with Crippen LogP contribution in [0.5, 0.6) is 0 Å². The van der Waals surface area contributed by atoms with Crippen LogP contribution in [-0.4, -0.2) is 24.1 Å². The monoisotopic (exact) mass is 368 g/mol. The second-order valence-corrected chi connectivity index (χ2v) is 5.94. The van der Waals surface area contributed by atoms with Crippen molar-refractivity contribution in [2.45, 2.75) is 78.7 Å². The third kappa shape index (κ3) is 13.3. The molecule has 1 heterocycles. The number of nitrogens with zero attached hydrogens (tertiary/aromatic N) is 1. The number of carbonyl (C=O) groups excluding carboxylic acids is 1. The highest BCUT2D eigenvalue weighted by atomic mass is 16.5. The number of hydrogen-bond acceptors (Lipinski definition) is 6. The highest BCUT2D eigenvalue weighted by Gasteiger charge is 2.04. The Balaban J connectivity index is 0. The van der Waals surface area contributed by atoms with E-state index in [1.807, 2.05) is 14.0 Å². The second kappa shape index (κ2) is 17.8. The quantitative estimate of drug-likeness (QED) is 0.528. The van der Waals surface area contributed by atoms with Crippen molar-refractivity contribution in [3.8, 4) is 0 Å². The smallest absolute Gasteiger partial charge is 0.224 e. The number of aryl methyl sites for hydroxylation is 1. The summed E-state index contributed by atoms with van der Waals surface area (Å²) in [6, 6.07) is 1.70. The first kappa shape index (κ1) is 26.2. The fourth-order valence-electron chi connectivity index (χ4n) is 2.11. The number of aromatic nitrogens is 1. The number of carbonyl (C=O) groups is 1. The van der Waals surface area contributed by atoms with Crippen LogP contribution in [0.1, 0.15) is 71.4 Å². The van der Waals surface area contributed by atoms with Crippen molar-refractivity contribution >= 4 is 17.3 Å². The third-order valence-electron chi connectivity index (χ3n) is 3.82. The van der Waals surface area contributed by atoms with Crippen molar-refractivity contribution < 1.29 is 9.53 Å². The molecule has 0 bridgehead atoms. The summed E-state index contributed by atoms with van der Waals surface area (Å²) in [6.07, 6.45) is 10.2. The average molecular weight is 369 g/mol. The Kier molecular flexibility index (Phi) is 17.9. The van der Waals surface area contributed by atoms with Gasteiger partial charge in [-0.25, -0.2) is 0 Å². The number of pyridine rings is 1. The first-order valence-corrected chi connectivity index (χ1v) is 9.23. The summed E-state index contributed by atoms with van der Waals surface area (Å²) in [7, 11) is 1.83. The lowest BCUT2D eigenvalue weighted by atomic mass is 10.1. The van der Waals surface area contributed by atoms with Gasteiger partial charge in [-0.1, -0.05) is 52.0 Å². The second-order valence-electron chi connectivity index (χ2n) is 5.94. The van der Waals surface area contributed by atoms with Crippen molar-refractivity contribution in [2.75, 3.05) is 18.2 Å². The minimum Gasteiger partial charge on any atom is -0.397 e. The number of nitrogens with two attached hydrogens (primary N) is 1. The number of rotatable bonds is 9. The Labute approximate surface area is 157 Å². The van der Waals surface area contributed by atoms with Crippen molar-refractivity contribution in [3.05, 3.63) is 22.9 Å². The van der Waals surface area contributed by atoms with E-state index in [0.717, 1.165) is 5.69 Å². The molecule has 150 valence electrons. The van der Waals surface area contributed by atoms with Crippen LogP contribution in [0.15, 0.2) is 12.3 Å². The molecule has 7 nitrogen and oxygen atoms in total. The Bertz CT molecular complexity index is 476. The third-order valence-corrected chi connectivity index (χ3v) is 3.82. The molecule has 0 unspecified atom stereocenters. The van der Waals surface area contributed by atoms with E-state index in [4.69, 9.17) is 15.4 Å². The SMILES string of the molecule is CCC(=O)Nc1cnc(C)c(N)c1.CCCCC(CCCC)OC.N=O. The van der Waals surface area contributed by atoms with Crippen LogP contribution in [0.4, 0.5) is 11.4 Å². The maximum Gasteiger partial charge on any atom is 0.224 e. The van der Waals surface area contributed by atoms with Crippen LogP contribution in [0.25, 0.3) is 0 Å². The van der Waals surface area contributed by atoms with Gasteiger partial charge in [0.15, 0.2) is 0 Å². The van der Waals surface area contributed by atoms with Crippen molar-refractivity contribution in [2.24, 2.45) is 0 Å². The number of anilines is 2. The van der Waals surface area contributed by atoms with Crippen molar-refractivity contribution in [1.82, 2.24) is 4.98 Å². The number of nitrogen functional groups attached to an aromatic ring is 1. The minimum atomic E-state index is -0.0370. The molecular weight excluding hydrogens is 332 g/mol. The molecule has 4 N–H and O–H groups in total. The summed E-state index contributed by atoms with van der Waals surface area (Å²) >= 11 is 0. The minimum absolute atomic E-state index is 0.0370. The topological polar surface area (TPSA) is 118 Å². The van der Waals surface area contributed by atoms with Gasteiger partial charge in [-0.3, -0.25) is 9.78 Å². The van der Waals surface area contributed by atoms with E-state index >= 15 is 0 Å². The first-order valence-electron chi connectivity index (χ1n) is 9.23. The Hall–Kier alpha value is -2.02. The molecular formula is C19H36N4O3. The molecule has 0 saturated heterocycles. The average Bonchev–Trinajstić information content (AvgIpc) is 2.67. The van der Waals surface area contributed by atoms with E-state index < -0.39 is 0 Å². The summed E-state index contributed by atoms with van der Waals surface area (Å²) in [5, 5.41) is 2.68. The molecule has 0 aliphatic heterocycles. The molecule has 1 aromatic rings. The van der Waals surface area contributed by atoms with Gasteiger partial charge in [0.05, 0.1) is 29.4 Å². The maximum absolute atomic E-state index is 11.0. The van der Waals surface area contributed by atoms with E-state index in [1.54, 1.807) is 19.2 Å². The number of nitroso groups, excluding NO2 is 1. The van der Waals surface area contributed by atoms with Crippen LogP contribution >= 0.6 is 0 Å². The summed E-state index contributed by atoms with van der Waals surface area (Å²) in [6.45, 7) is 8.07. The molecule has 0 aromatic carbocycles. The molecule has 0 atom stereocenters. The zero-order valence-electron chi connectivity index (χ0n) is 16.9. The highest BCUT2D eigenvalue weighted by Crippen LogP contribution is 2.14. The van der Waals surface area contributed by atoms with Gasteiger partial charge in [-0.05, 0) is 25.8 Å². The summed E-state index contributed by atoms with van der Waals surface area (Å²) in [5.74, 6) is -0.0370. The Morgan fingerprint density at radius 1 is 1.23 bits per heavy atom. The standard InChI is InChI=1S/C10H22O.C9H13N3O.HNO/c1-4-6-8-10(11-3)9-7-5-2;1-3-9(13)12-7-4-8(10)6(2)11-5-7;1-2/h10H,4-9H2,1-3H3;4-5H,3,10H2,1-2H3,(H,12,13);1H. The van der Waals surface area contributed by atoms with Crippen molar-refractivity contribution in [3.63, 3.8) is 0 Å². The van der Waals surface area contributed by atoms with Gasteiger partial charge in [0, 0.05) is 13.5 Å². The van der Waals surface area contributed by atoms with E-state index in [1.165, 1.54) is 38.5 Å². The number of nitrogens with one attached hydrogen (secondary N) is 2. The van der Waals surface area contributed by atoms with Crippen LogP contribution in [0, 0.1) is 17.4 Å². The Morgan fingerprint density at radius 3 is 2.15 bits per heavy atom. The van der Waals surface area contributed by atoms with E-state index in [9.17, 15) is 4.79 Å². The number of hydrogen-bond donors (Lipinski definition) is 3. The number of unbranched alkanes of at least 4 members (excludes halogenated alkanes) is 2. The van der Waals surface area contributed by atoms with Crippen LogP contribution in [0.2, 0.25) is 0 Å². The zero-order valence-corrected chi connectivity index (χ0v) is 16.9. The number of methoxy groups -OCH3 is 1. The van der Waals surface area contributed by atoms with E-state index in [0.29, 0.717) is 23.9 Å². The lowest BCUT2D eigenvalue weighted by Crippen LogP contribution is -2.10. The molecule has 1 rings (SSSR count). The molecule has 26 heavy (non-hydrogen) atoms. The van der Waals surface area contributed by atoms with Crippen molar-refractivity contribution in [1.29, 1.82) is 5.59 Å². The maximum atomic E-state index is 11.0. The van der Waals surface area contributed by atoms with Gasteiger partial charge < -0.3 is 15.8 Å². The first-order chi connectivity index (χ1) is 12.5.